The first-order chi connectivity index (χ1) is 12.2. The second kappa shape index (κ2) is 8.13. The number of ether oxygens (including phenoxy) is 1. The third-order valence-corrected chi connectivity index (χ3v) is 4.93. The lowest BCUT2D eigenvalue weighted by molar-refractivity contribution is -0.118. The van der Waals surface area contributed by atoms with Gasteiger partial charge in [0, 0.05) is 12.1 Å². The first-order valence-electron chi connectivity index (χ1n) is 7.60. The average Bonchev–Trinajstić information content (AvgIpc) is 2.56. The van der Waals surface area contributed by atoms with Crippen molar-refractivity contribution in [2.75, 3.05) is 22.9 Å². The summed E-state index contributed by atoms with van der Waals surface area (Å²) in [6, 6.07) is 8.99. The van der Waals surface area contributed by atoms with Gasteiger partial charge in [0.25, 0.3) is 0 Å². The van der Waals surface area contributed by atoms with Crippen molar-refractivity contribution in [3.05, 3.63) is 54.1 Å². The number of sulfonamides is 1. The number of carbonyl (C=O) groups excluding carboxylic acids is 1. The Balaban J connectivity index is 2.02. The number of methoxy groups -OCH3 is 1. The van der Waals surface area contributed by atoms with Gasteiger partial charge in [-0.2, -0.15) is 0 Å². The van der Waals surface area contributed by atoms with Crippen LogP contribution in [0.4, 0.5) is 20.2 Å². The molecule has 26 heavy (non-hydrogen) atoms. The Morgan fingerprint density at radius 1 is 1.19 bits per heavy atom. The maximum atomic E-state index is 13.6. The maximum Gasteiger partial charge on any atom is 0.233 e. The summed E-state index contributed by atoms with van der Waals surface area (Å²) in [5.41, 5.74) is 0.0722. The molecule has 2 aromatic carbocycles. The molecule has 1 unspecified atom stereocenters. The van der Waals surface area contributed by atoms with E-state index in [9.17, 15) is 22.0 Å². The van der Waals surface area contributed by atoms with Gasteiger partial charge in [0.2, 0.25) is 15.9 Å². The summed E-state index contributed by atoms with van der Waals surface area (Å²) in [5, 5.41) is 2.25. The fourth-order valence-corrected chi connectivity index (χ4v) is 3.54. The van der Waals surface area contributed by atoms with Crippen LogP contribution in [0.3, 0.4) is 0 Å². The van der Waals surface area contributed by atoms with E-state index in [1.807, 2.05) is 0 Å². The van der Waals surface area contributed by atoms with Crippen LogP contribution in [0.15, 0.2) is 42.5 Å². The number of anilines is 2. The molecule has 1 amide bonds. The van der Waals surface area contributed by atoms with Gasteiger partial charge in [0.15, 0.2) is 0 Å². The minimum atomic E-state index is -3.83. The van der Waals surface area contributed by atoms with Crippen molar-refractivity contribution < 1.29 is 26.7 Å². The number of benzene rings is 2. The van der Waals surface area contributed by atoms with Crippen LogP contribution >= 0.6 is 0 Å². The zero-order chi connectivity index (χ0) is 19.3. The van der Waals surface area contributed by atoms with Crippen molar-refractivity contribution in [3.63, 3.8) is 0 Å². The Bertz CT molecular complexity index is 903. The third-order valence-electron chi connectivity index (χ3n) is 3.45. The molecule has 9 heteroatoms. The number of nitrogens with one attached hydrogen (secondary N) is 2. The van der Waals surface area contributed by atoms with Crippen molar-refractivity contribution in [2.24, 2.45) is 5.92 Å². The van der Waals surface area contributed by atoms with E-state index in [0.29, 0.717) is 17.5 Å². The number of amides is 1. The van der Waals surface area contributed by atoms with Crippen LogP contribution < -0.4 is 14.8 Å². The zero-order valence-corrected chi connectivity index (χ0v) is 14.9. The van der Waals surface area contributed by atoms with Gasteiger partial charge in [0.1, 0.15) is 17.4 Å². The van der Waals surface area contributed by atoms with Gasteiger partial charge >= 0.3 is 0 Å². The molecule has 0 bridgehead atoms. The largest absolute Gasteiger partial charge is 0.497 e. The molecule has 2 N–H and O–H groups in total. The minimum Gasteiger partial charge on any atom is -0.497 e. The molecule has 0 saturated heterocycles. The number of rotatable bonds is 7. The summed E-state index contributed by atoms with van der Waals surface area (Å²) in [6.07, 6.45) is 0. The highest BCUT2D eigenvalue weighted by molar-refractivity contribution is 7.92. The quantitative estimate of drug-likeness (QED) is 0.769. The van der Waals surface area contributed by atoms with E-state index >= 15 is 0 Å². The van der Waals surface area contributed by atoms with Gasteiger partial charge in [-0.3, -0.25) is 9.52 Å². The second-order valence-corrected chi connectivity index (χ2v) is 7.40. The van der Waals surface area contributed by atoms with Crippen molar-refractivity contribution in [3.8, 4) is 5.75 Å². The molecule has 2 rings (SSSR count). The highest BCUT2D eigenvalue weighted by Crippen LogP contribution is 2.19. The van der Waals surface area contributed by atoms with Crippen molar-refractivity contribution in [1.82, 2.24) is 0 Å². The van der Waals surface area contributed by atoms with Crippen LogP contribution in [0, 0.1) is 17.6 Å². The van der Waals surface area contributed by atoms with Crippen molar-refractivity contribution in [2.45, 2.75) is 6.92 Å². The maximum absolute atomic E-state index is 13.6. The van der Waals surface area contributed by atoms with Crippen molar-refractivity contribution >= 4 is 27.3 Å². The summed E-state index contributed by atoms with van der Waals surface area (Å²) in [7, 11) is -2.38. The van der Waals surface area contributed by atoms with Crippen LogP contribution in [0.25, 0.3) is 0 Å². The topological polar surface area (TPSA) is 84.5 Å². The molecule has 0 radical (unpaired) electrons. The van der Waals surface area contributed by atoms with Crippen LogP contribution in [0.1, 0.15) is 6.92 Å². The molecule has 1 atom stereocenters. The first kappa shape index (κ1) is 19.6. The Hall–Kier alpha value is -2.68. The lowest BCUT2D eigenvalue weighted by atomic mass is 10.2. The van der Waals surface area contributed by atoms with E-state index in [4.69, 9.17) is 4.74 Å². The molecule has 0 saturated carbocycles. The molecule has 0 aliphatic heterocycles. The standard InChI is InChI=1S/C17H18F2N2O4S/c1-11(17(22)20-16-7-6-12(18)8-15(16)19)10-26(23,24)21-13-4-3-5-14(9-13)25-2/h3-9,11,21H,10H2,1-2H3,(H,20,22). The summed E-state index contributed by atoms with van der Waals surface area (Å²) >= 11 is 0. The predicted molar refractivity (Wildman–Crippen MR) is 94.6 cm³/mol. The van der Waals surface area contributed by atoms with E-state index in [2.05, 4.69) is 10.0 Å². The lowest BCUT2D eigenvalue weighted by Gasteiger charge is -2.14. The molecule has 0 heterocycles. The molecule has 6 nitrogen and oxygen atoms in total. The molecule has 0 aromatic heterocycles. The third kappa shape index (κ3) is 5.41. The Kier molecular flexibility index (Phi) is 6.14. The minimum absolute atomic E-state index is 0.221. The van der Waals surface area contributed by atoms with Crippen LogP contribution in [0.5, 0.6) is 5.75 Å². The first-order valence-corrected chi connectivity index (χ1v) is 9.26. The summed E-state index contributed by atoms with van der Waals surface area (Å²) in [6.45, 7) is 1.39. The predicted octanol–water partition coefficient (Wildman–Crippen LogP) is 2.99. The van der Waals surface area contributed by atoms with E-state index in [0.717, 1.165) is 12.1 Å². The zero-order valence-electron chi connectivity index (χ0n) is 14.1. The van der Waals surface area contributed by atoms with Gasteiger partial charge in [-0.05, 0) is 24.3 Å². The number of hydrogen-bond acceptors (Lipinski definition) is 4. The van der Waals surface area contributed by atoms with Crippen LogP contribution in [-0.2, 0) is 14.8 Å². The van der Waals surface area contributed by atoms with Crippen molar-refractivity contribution in [1.29, 1.82) is 0 Å². The SMILES string of the molecule is COc1cccc(NS(=O)(=O)CC(C)C(=O)Nc2ccc(F)cc2F)c1. The normalized spacial score (nSPS) is 12.3. The number of halogens is 2. The van der Waals surface area contributed by atoms with Gasteiger partial charge in [-0.15, -0.1) is 0 Å². The fraction of sp³-hybridized carbons (Fsp3) is 0.235. The van der Waals surface area contributed by atoms with E-state index in [1.54, 1.807) is 18.2 Å². The molecule has 0 aliphatic rings. The molecular weight excluding hydrogens is 366 g/mol. The number of hydrogen-bond donors (Lipinski definition) is 2. The molecular formula is C17H18F2N2O4S. The molecule has 2 aromatic rings. The van der Waals surface area contributed by atoms with E-state index < -0.39 is 39.2 Å². The smallest absolute Gasteiger partial charge is 0.233 e. The lowest BCUT2D eigenvalue weighted by Crippen LogP contribution is -2.30. The number of carbonyl (C=O) groups is 1. The van der Waals surface area contributed by atoms with Crippen LogP contribution in [-0.4, -0.2) is 27.2 Å². The van der Waals surface area contributed by atoms with E-state index in [1.165, 1.54) is 20.1 Å². The molecule has 140 valence electrons. The summed E-state index contributed by atoms with van der Waals surface area (Å²) in [4.78, 5) is 12.1. The van der Waals surface area contributed by atoms with Gasteiger partial charge in [0.05, 0.1) is 30.2 Å². The summed E-state index contributed by atoms with van der Waals surface area (Å²) < 4.78 is 58.3. The highest BCUT2D eigenvalue weighted by Gasteiger charge is 2.22. The van der Waals surface area contributed by atoms with E-state index in [-0.39, 0.29) is 5.69 Å². The summed E-state index contributed by atoms with van der Waals surface area (Å²) in [5.74, 6) is -3.43. The molecule has 0 spiro atoms. The fourth-order valence-electron chi connectivity index (χ4n) is 2.16. The Morgan fingerprint density at radius 2 is 1.92 bits per heavy atom. The Labute approximate surface area is 150 Å². The van der Waals surface area contributed by atoms with Gasteiger partial charge in [-0.1, -0.05) is 13.0 Å². The molecule has 0 aliphatic carbocycles. The average molecular weight is 384 g/mol. The van der Waals surface area contributed by atoms with Crippen LogP contribution in [0.2, 0.25) is 0 Å². The van der Waals surface area contributed by atoms with Gasteiger partial charge in [-0.25, -0.2) is 17.2 Å². The van der Waals surface area contributed by atoms with Gasteiger partial charge < -0.3 is 10.1 Å². The monoisotopic (exact) mass is 384 g/mol. The Morgan fingerprint density at radius 3 is 2.58 bits per heavy atom. The second-order valence-electron chi connectivity index (χ2n) is 5.63. The highest BCUT2D eigenvalue weighted by atomic mass is 32.2. The molecule has 0 fully saturated rings.